The molecule has 1 aliphatic rings. The second kappa shape index (κ2) is 13.5. The molecule has 3 aromatic carbocycles. The van der Waals surface area contributed by atoms with Crippen molar-refractivity contribution in [3.63, 3.8) is 0 Å². The second-order valence-electron chi connectivity index (χ2n) is 9.93. The first-order valence-electron chi connectivity index (χ1n) is 14.2. The number of thioether (sulfide) groups is 1. The summed E-state index contributed by atoms with van der Waals surface area (Å²) >= 11 is 1.30. The van der Waals surface area contributed by atoms with E-state index >= 15 is 0 Å². The zero-order chi connectivity index (χ0) is 30.4. The van der Waals surface area contributed by atoms with E-state index in [1.165, 1.54) is 45.9 Å². The minimum atomic E-state index is -3.62. The minimum absolute atomic E-state index is 0.000991. The van der Waals surface area contributed by atoms with Gasteiger partial charge in [-0.2, -0.15) is 4.31 Å². The summed E-state index contributed by atoms with van der Waals surface area (Å²) in [6, 6.07) is 23.4. The van der Waals surface area contributed by atoms with Crippen LogP contribution in [0.25, 0.3) is 5.69 Å². The molecule has 0 radical (unpaired) electrons. The van der Waals surface area contributed by atoms with Crippen LogP contribution in [0.5, 0.6) is 0 Å². The van der Waals surface area contributed by atoms with E-state index in [2.05, 4.69) is 21.6 Å². The van der Waals surface area contributed by atoms with Crippen molar-refractivity contribution in [1.82, 2.24) is 24.4 Å². The maximum atomic E-state index is 13.3. The first-order chi connectivity index (χ1) is 20.8. The quantitative estimate of drug-likeness (QED) is 0.249. The SMILES string of the molecule is CCN(CC)S(=O)(=O)c1ccc(C(=O)NCc2nnc(SCC(=O)N3CCCc4ccccc43)n2-c2ccccc2)cc1. The van der Waals surface area contributed by atoms with E-state index in [4.69, 9.17) is 0 Å². The Bertz CT molecular complexity index is 1690. The lowest BCUT2D eigenvalue weighted by Gasteiger charge is -2.29. The zero-order valence-electron chi connectivity index (χ0n) is 24.1. The number of nitrogens with zero attached hydrogens (tertiary/aromatic N) is 5. The number of carbonyl (C=O) groups excluding carboxylic acids is 2. The Balaban J connectivity index is 1.29. The number of benzene rings is 3. The molecule has 1 aliphatic heterocycles. The van der Waals surface area contributed by atoms with Crippen LogP contribution in [0.3, 0.4) is 0 Å². The molecule has 0 spiro atoms. The molecule has 43 heavy (non-hydrogen) atoms. The minimum Gasteiger partial charge on any atom is -0.345 e. The monoisotopic (exact) mass is 618 g/mol. The van der Waals surface area contributed by atoms with Crippen LogP contribution in [-0.2, 0) is 27.8 Å². The lowest BCUT2D eigenvalue weighted by molar-refractivity contribution is -0.116. The molecule has 5 rings (SSSR count). The highest BCUT2D eigenvalue weighted by Gasteiger charge is 2.24. The molecule has 224 valence electrons. The molecule has 0 fully saturated rings. The van der Waals surface area contributed by atoms with Crippen LogP contribution in [0, 0.1) is 0 Å². The van der Waals surface area contributed by atoms with Crippen LogP contribution in [-0.4, -0.2) is 64.7 Å². The third-order valence-electron chi connectivity index (χ3n) is 7.32. The van der Waals surface area contributed by atoms with Gasteiger partial charge in [0, 0.05) is 36.6 Å². The van der Waals surface area contributed by atoms with Gasteiger partial charge in [0.25, 0.3) is 5.91 Å². The molecule has 2 heterocycles. The van der Waals surface area contributed by atoms with E-state index in [-0.39, 0.29) is 29.0 Å². The van der Waals surface area contributed by atoms with Gasteiger partial charge in [-0.3, -0.25) is 14.2 Å². The maximum Gasteiger partial charge on any atom is 0.251 e. The van der Waals surface area contributed by atoms with Gasteiger partial charge in [-0.15, -0.1) is 10.2 Å². The van der Waals surface area contributed by atoms with Crippen LogP contribution in [0.15, 0.2) is 88.9 Å². The van der Waals surface area contributed by atoms with Crippen molar-refractivity contribution in [2.45, 2.75) is 43.3 Å². The number of hydrogen-bond acceptors (Lipinski definition) is 7. The van der Waals surface area contributed by atoms with Crippen LogP contribution in [0.1, 0.15) is 42.0 Å². The van der Waals surface area contributed by atoms with Gasteiger partial charge in [0.1, 0.15) is 0 Å². The zero-order valence-corrected chi connectivity index (χ0v) is 25.8. The Morgan fingerprint density at radius 1 is 0.930 bits per heavy atom. The van der Waals surface area contributed by atoms with Crippen molar-refractivity contribution in [3.8, 4) is 5.69 Å². The number of amides is 2. The summed E-state index contributed by atoms with van der Waals surface area (Å²) in [5, 5.41) is 12.1. The molecule has 0 saturated carbocycles. The molecule has 1 aromatic heterocycles. The van der Waals surface area contributed by atoms with E-state index in [0.717, 1.165) is 24.2 Å². The van der Waals surface area contributed by atoms with Gasteiger partial charge >= 0.3 is 0 Å². The average molecular weight is 619 g/mol. The van der Waals surface area contributed by atoms with Crippen molar-refractivity contribution < 1.29 is 18.0 Å². The van der Waals surface area contributed by atoms with E-state index < -0.39 is 10.0 Å². The summed E-state index contributed by atoms with van der Waals surface area (Å²) in [4.78, 5) is 28.2. The predicted molar refractivity (Wildman–Crippen MR) is 167 cm³/mol. The van der Waals surface area contributed by atoms with Crippen LogP contribution in [0.2, 0.25) is 0 Å². The lowest BCUT2D eigenvalue weighted by atomic mass is 10.0. The van der Waals surface area contributed by atoms with Gasteiger partial charge in [0.05, 0.1) is 17.2 Å². The fourth-order valence-electron chi connectivity index (χ4n) is 5.09. The van der Waals surface area contributed by atoms with Crippen LogP contribution < -0.4 is 10.2 Å². The van der Waals surface area contributed by atoms with Crippen molar-refractivity contribution in [3.05, 3.63) is 95.8 Å². The molecule has 4 aromatic rings. The van der Waals surface area contributed by atoms with Gasteiger partial charge in [0.15, 0.2) is 11.0 Å². The molecular formula is C31H34N6O4S2. The third kappa shape index (κ3) is 6.66. The molecule has 2 amide bonds. The molecule has 0 atom stereocenters. The molecule has 0 bridgehead atoms. The van der Waals surface area contributed by atoms with E-state index in [0.29, 0.717) is 36.2 Å². The Morgan fingerprint density at radius 2 is 1.63 bits per heavy atom. The van der Waals surface area contributed by atoms with Gasteiger partial charge in [-0.1, -0.05) is 62.0 Å². The first kappa shape index (κ1) is 30.5. The van der Waals surface area contributed by atoms with Gasteiger partial charge in [0.2, 0.25) is 15.9 Å². The summed E-state index contributed by atoms with van der Waals surface area (Å²) < 4.78 is 28.8. The van der Waals surface area contributed by atoms with Gasteiger partial charge < -0.3 is 10.2 Å². The Labute approximate surface area is 256 Å². The van der Waals surface area contributed by atoms with Crippen LogP contribution in [0.4, 0.5) is 5.69 Å². The van der Waals surface area contributed by atoms with Crippen molar-refractivity contribution in [2.24, 2.45) is 0 Å². The highest BCUT2D eigenvalue weighted by Crippen LogP contribution is 2.29. The molecule has 0 aliphatic carbocycles. The number of para-hydroxylation sites is 2. The average Bonchev–Trinajstić information content (AvgIpc) is 3.45. The van der Waals surface area contributed by atoms with Gasteiger partial charge in [-0.25, -0.2) is 8.42 Å². The number of aryl methyl sites for hydroxylation is 1. The summed E-state index contributed by atoms with van der Waals surface area (Å²) in [5.74, 6) is 0.316. The normalized spacial score (nSPS) is 13.1. The molecule has 12 heteroatoms. The fourth-order valence-corrected chi connectivity index (χ4v) is 7.40. The summed E-state index contributed by atoms with van der Waals surface area (Å²) in [7, 11) is -3.62. The van der Waals surface area contributed by atoms with Crippen molar-refractivity contribution in [1.29, 1.82) is 0 Å². The third-order valence-corrected chi connectivity index (χ3v) is 10.3. The Kier molecular flexibility index (Phi) is 9.59. The second-order valence-corrected chi connectivity index (χ2v) is 12.8. The lowest BCUT2D eigenvalue weighted by Crippen LogP contribution is -2.36. The maximum absolute atomic E-state index is 13.3. The number of fused-ring (bicyclic) bond motifs is 1. The Morgan fingerprint density at radius 3 is 2.35 bits per heavy atom. The topological polar surface area (TPSA) is 118 Å². The molecule has 1 N–H and O–H groups in total. The number of nitrogens with one attached hydrogen (secondary N) is 1. The highest BCUT2D eigenvalue weighted by atomic mass is 32.2. The Hall–Kier alpha value is -4.00. The number of anilines is 1. The summed E-state index contributed by atoms with van der Waals surface area (Å²) in [6.07, 6.45) is 1.88. The number of hydrogen-bond donors (Lipinski definition) is 1. The van der Waals surface area contributed by atoms with E-state index in [9.17, 15) is 18.0 Å². The highest BCUT2D eigenvalue weighted by molar-refractivity contribution is 7.99. The summed E-state index contributed by atoms with van der Waals surface area (Å²) in [6.45, 7) is 5.06. The van der Waals surface area contributed by atoms with Crippen molar-refractivity contribution >= 4 is 39.3 Å². The van der Waals surface area contributed by atoms with Crippen LogP contribution >= 0.6 is 11.8 Å². The molecule has 0 unspecified atom stereocenters. The standard InChI is InChI=1S/C31H34N6O4S2/c1-3-35(4-2)43(40,41)26-18-16-24(17-19-26)30(39)32-21-28-33-34-31(37(28)25-13-6-5-7-14-25)42-22-29(38)36-20-10-12-23-11-8-9-15-27(23)36/h5-9,11,13-19H,3-4,10,12,20-22H2,1-2H3,(H,32,39). The number of sulfonamides is 1. The molecule has 0 saturated heterocycles. The van der Waals surface area contributed by atoms with E-state index in [1.54, 1.807) is 13.8 Å². The smallest absolute Gasteiger partial charge is 0.251 e. The van der Waals surface area contributed by atoms with Crippen molar-refractivity contribution in [2.75, 3.05) is 30.3 Å². The van der Waals surface area contributed by atoms with E-state index in [1.807, 2.05) is 58.0 Å². The number of carbonyl (C=O) groups is 2. The fraction of sp³-hybridized carbons (Fsp3) is 0.290. The summed E-state index contributed by atoms with van der Waals surface area (Å²) in [5.41, 5.74) is 3.27. The number of rotatable bonds is 11. The molecule has 10 nitrogen and oxygen atoms in total. The largest absolute Gasteiger partial charge is 0.345 e. The first-order valence-corrected chi connectivity index (χ1v) is 16.6. The van der Waals surface area contributed by atoms with Gasteiger partial charge in [-0.05, 0) is 60.9 Å². The number of aromatic nitrogens is 3. The predicted octanol–water partition coefficient (Wildman–Crippen LogP) is 4.30. The molecular weight excluding hydrogens is 585 g/mol.